The normalized spacial score (nSPS) is 11.0. The molecule has 0 heterocycles. The lowest BCUT2D eigenvalue weighted by Gasteiger charge is -2.17. The maximum atomic E-state index is 12.1. The van der Waals surface area contributed by atoms with Crippen LogP contribution in [0.3, 0.4) is 0 Å². The minimum atomic E-state index is -3.76. The van der Waals surface area contributed by atoms with Crippen LogP contribution in [0.4, 0.5) is 11.4 Å². The van der Waals surface area contributed by atoms with Gasteiger partial charge in [0.2, 0.25) is 21.8 Å². The number of para-hydroxylation sites is 1. The summed E-state index contributed by atoms with van der Waals surface area (Å²) in [7, 11) is -2.06. The van der Waals surface area contributed by atoms with Crippen LogP contribution in [0.2, 0.25) is 0 Å². The zero-order valence-electron chi connectivity index (χ0n) is 14.4. The van der Waals surface area contributed by atoms with Gasteiger partial charge in [0.15, 0.2) is 0 Å². The second-order valence-corrected chi connectivity index (χ2v) is 7.32. The first-order chi connectivity index (χ1) is 12.3. The van der Waals surface area contributed by atoms with E-state index in [4.69, 9.17) is 5.14 Å². The Morgan fingerprint density at radius 1 is 1.00 bits per heavy atom. The van der Waals surface area contributed by atoms with E-state index in [2.05, 4.69) is 5.32 Å². The van der Waals surface area contributed by atoms with Crippen LogP contribution in [-0.4, -0.2) is 27.3 Å². The van der Waals surface area contributed by atoms with Crippen LogP contribution in [0, 0.1) is 0 Å². The van der Waals surface area contributed by atoms with Gasteiger partial charge in [0.25, 0.3) is 0 Å². The number of amides is 2. The number of hydrogen-bond donors (Lipinski definition) is 2. The molecule has 2 rings (SSSR count). The number of primary sulfonamides is 1. The van der Waals surface area contributed by atoms with Crippen LogP contribution < -0.4 is 15.4 Å². The Balaban J connectivity index is 1.79. The molecule has 3 N–H and O–H groups in total. The summed E-state index contributed by atoms with van der Waals surface area (Å²) in [5, 5.41) is 7.67. The van der Waals surface area contributed by atoms with E-state index in [1.165, 1.54) is 24.3 Å². The van der Waals surface area contributed by atoms with E-state index in [-0.39, 0.29) is 29.6 Å². The first-order valence-corrected chi connectivity index (χ1v) is 9.56. The fourth-order valence-corrected chi connectivity index (χ4v) is 2.83. The Labute approximate surface area is 152 Å². The molecule has 0 bridgehead atoms. The largest absolute Gasteiger partial charge is 0.326 e. The van der Waals surface area contributed by atoms with E-state index in [9.17, 15) is 18.0 Å². The molecule has 0 aliphatic carbocycles. The summed E-state index contributed by atoms with van der Waals surface area (Å²) in [6.07, 6.45) is 0.853. The Kier molecular flexibility index (Phi) is 6.48. The van der Waals surface area contributed by atoms with E-state index >= 15 is 0 Å². The molecule has 8 heteroatoms. The summed E-state index contributed by atoms with van der Waals surface area (Å²) in [4.78, 5) is 25.6. The molecular weight excluding hydrogens is 354 g/mol. The summed E-state index contributed by atoms with van der Waals surface area (Å²) < 4.78 is 22.4. The van der Waals surface area contributed by atoms with Crippen LogP contribution in [0.15, 0.2) is 59.5 Å². The van der Waals surface area contributed by atoms with Gasteiger partial charge in [-0.25, -0.2) is 13.6 Å². The van der Waals surface area contributed by atoms with Gasteiger partial charge < -0.3 is 10.2 Å². The second-order valence-electron chi connectivity index (χ2n) is 5.76. The number of anilines is 2. The maximum absolute atomic E-state index is 12.1. The summed E-state index contributed by atoms with van der Waals surface area (Å²) >= 11 is 0. The Morgan fingerprint density at radius 3 is 2.19 bits per heavy atom. The molecule has 26 heavy (non-hydrogen) atoms. The molecule has 0 unspecified atom stereocenters. The van der Waals surface area contributed by atoms with Gasteiger partial charge in [-0.2, -0.15) is 0 Å². The number of nitrogens with two attached hydrogens (primary N) is 1. The van der Waals surface area contributed by atoms with Crippen molar-refractivity contribution in [3.63, 3.8) is 0 Å². The fourth-order valence-electron chi connectivity index (χ4n) is 2.31. The molecule has 7 nitrogen and oxygen atoms in total. The van der Waals surface area contributed by atoms with Crippen molar-refractivity contribution in [3.8, 4) is 0 Å². The van der Waals surface area contributed by atoms with Gasteiger partial charge in [-0.3, -0.25) is 9.59 Å². The molecule has 0 aliphatic heterocycles. The molecule has 138 valence electrons. The van der Waals surface area contributed by atoms with E-state index in [0.717, 1.165) is 5.69 Å². The van der Waals surface area contributed by atoms with Crippen molar-refractivity contribution in [3.05, 3.63) is 54.6 Å². The second kappa shape index (κ2) is 8.59. The van der Waals surface area contributed by atoms with Gasteiger partial charge in [0.05, 0.1) is 4.90 Å². The van der Waals surface area contributed by atoms with E-state index in [1.807, 2.05) is 30.3 Å². The lowest BCUT2D eigenvalue weighted by molar-refractivity contribution is -0.118. The number of nitrogens with one attached hydrogen (secondary N) is 1. The molecular formula is C18H21N3O4S. The summed E-state index contributed by atoms with van der Waals surface area (Å²) in [5.74, 6) is -0.315. The lowest BCUT2D eigenvalue weighted by atomic mass is 10.2. The van der Waals surface area contributed by atoms with Crippen LogP contribution in [-0.2, 0) is 19.6 Å². The van der Waals surface area contributed by atoms with Crippen molar-refractivity contribution >= 4 is 33.2 Å². The zero-order valence-corrected chi connectivity index (χ0v) is 15.2. The standard InChI is InChI=1S/C18H21N3O4S/c1-21(15-6-3-2-4-7-15)18(23)9-5-8-17(22)20-14-10-12-16(13-11-14)26(19,24)25/h2-4,6-7,10-13H,5,8-9H2,1H3,(H,20,22)(H2,19,24,25). The third kappa shape index (κ3) is 5.68. The average molecular weight is 375 g/mol. The van der Waals surface area contributed by atoms with Gasteiger partial charge in [0.1, 0.15) is 0 Å². The molecule has 2 aromatic carbocycles. The number of nitrogens with zero attached hydrogens (tertiary/aromatic N) is 1. The van der Waals surface area contributed by atoms with Gasteiger partial charge >= 0.3 is 0 Å². The van der Waals surface area contributed by atoms with Crippen molar-refractivity contribution in [2.75, 3.05) is 17.3 Å². The number of sulfonamides is 1. The Hall–Kier alpha value is -2.71. The van der Waals surface area contributed by atoms with E-state index in [1.54, 1.807) is 11.9 Å². The van der Waals surface area contributed by atoms with Crippen molar-refractivity contribution < 1.29 is 18.0 Å². The molecule has 0 saturated heterocycles. The third-order valence-corrected chi connectivity index (χ3v) is 4.71. The van der Waals surface area contributed by atoms with Crippen molar-refractivity contribution in [2.24, 2.45) is 5.14 Å². The highest BCUT2D eigenvalue weighted by atomic mass is 32.2. The Bertz CT molecular complexity index is 865. The predicted octanol–water partition coefficient (Wildman–Crippen LogP) is 2.11. The van der Waals surface area contributed by atoms with E-state index in [0.29, 0.717) is 12.1 Å². The summed E-state index contributed by atoms with van der Waals surface area (Å²) in [6.45, 7) is 0. The number of benzene rings is 2. The molecule has 2 amide bonds. The van der Waals surface area contributed by atoms with Crippen molar-refractivity contribution in [2.45, 2.75) is 24.2 Å². The SMILES string of the molecule is CN(C(=O)CCCC(=O)Nc1ccc(S(N)(=O)=O)cc1)c1ccccc1. The summed E-state index contributed by atoms with van der Waals surface area (Å²) in [5.41, 5.74) is 1.27. The fraction of sp³-hybridized carbons (Fsp3) is 0.222. The number of rotatable bonds is 7. The number of hydrogen-bond acceptors (Lipinski definition) is 4. The monoisotopic (exact) mass is 375 g/mol. The average Bonchev–Trinajstić information content (AvgIpc) is 2.61. The van der Waals surface area contributed by atoms with Crippen LogP contribution in [0.25, 0.3) is 0 Å². The minimum absolute atomic E-state index is 0.0231. The molecule has 0 aromatic heterocycles. The highest BCUT2D eigenvalue weighted by molar-refractivity contribution is 7.89. The highest BCUT2D eigenvalue weighted by Crippen LogP contribution is 2.15. The molecule has 0 spiro atoms. The minimum Gasteiger partial charge on any atom is -0.326 e. The molecule has 0 saturated carbocycles. The van der Waals surface area contributed by atoms with Crippen LogP contribution in [0.1, 0.15) is 19.3 Å². The van der Waals surface area contributed by atoms with Crippen LogP contribution in [0.5, 0.6) is 0 Å². The smallest absolute Gasteiger partial charge is 0.238 e. The Morgan fingerprint density at radius 2 is 1.62 bits per heavy atom. The van der Waals surface area contributed by atoms with Crippen molar-refractivity contribution in [1.82, 2.24) is 0 Å². The van der Waals surface area contributed by atoms with Gasteiger partial charge in [-0.05, 0) is 42.8 Å². The number of carbonyl (C=O) groups excluding carboxylic acids is 2. The highest BCUT2D eigenvalue weighted by Gasteiger charge is 2.12. The van der Waals surface area contributed by atoms with Gasteiger partial charge in [-0.15, -0.1) is 0 Å². The van der Waals surface area contributed by atoms with Crippen LogP contribution >= 0.6 is 0 Å². The van der Waals surface area contributed by atoms with Gasteiger partial charge in [-0.1, -0.05) is 18.2 Å². The third-order valence-electron chi connectivity index (χ3n) is 3.78. The van der Waals surface area contributed by atoms with Gasteiger partial charge in [0, 0.05) is 31.3 Å². The molecule has 0 atom stereocenters. The summed E-state index contributed by atoms with van der Waals surface area (Å²) in [6, 6.07) is 14.8. The molecule has 0 fully saturated rings. The first-order valence-electron chi connectivity index (χ1n) is 8.01. The first kappa shape index (κ1) is 19.6. The maximum Gasteiger partial charge on any atom is 0.238 e. The molecule has 0 aliphatic rings. The quantitative estimate of drug-likeness (QED) is 0.772. The number of carbonyl (C=O) groups is 2. The topological polar surface area (TPSA) is 110 Å². The zero-order chi connectivity index (χ0) is 19.2. The molecule has 2 aromatic rings. The predicted molar refractivity (Wildman–Crippen MR) is 100 cm³/mol. The van der Waals surface area contributed by atoms with E-state index < -0.39 is 10.0 Å². The lowest BCUT2D eigenvalue weighted by Crippen LogP contribution is -2.26. The van der Waals surface area contributed by atoms with Crippen molar-refractivity contribution in [1.29, 1.82) is 0 Å². The molecule has 0 radical (unpaired) electrons.